The molecule has 1 rings (SSSR count). The summed E-state index contributed by atoms with van der Waals surface area (Å²) >= 11 is 7.26. The molecule has 0 aliphatic carbocycles. The molecular formula is C9H18N2S2. The van der Waals surface area contributed by atoms with Gasteiger partial charge < -0.3 is 10.2 Å². The molecule has 0 saturated carbocycles. The largest absolute Gasteiger partial charge is 0.366 e. The van der Waals surface area contributed by atoms with E-state index < -0.39 is 0 Å². The van der Waals surface area contributed by atoms with Gasteiger partial charge in [-0.3, -0.25) is 0 Å². The zero-order valence-corrected chi connectivity index (χ0v) is 10.2. The molecule has 76 valence electrons. The van der Waals surface area contributed by atoms with Crippen LogP contribution in [-0.2, 0) is 0 Å². The monoisotopic (exact) mass is 218 g/mol. The lowest BCUT2D eigenvalue weighted by atomic mass is 10.1. The maximum absolute atomic E-state index is 5.22. The van der Waals surface area contributed by atoms with Crippen LogP contribution in [0.2, 0.25) is 0 Å². The average molecular weight is 218 g/mol. The van der Waals surface area contributed by atoms with Crippen molar-refractivity contribution in [3.8, 4) is 0 Å². The van der Waals surface area contributed by atoms with Gasteiger partial charge in [0.1, 0.15) is 0 Å². The van der Waals surface area contributed by atoms with Gasteiger partial charge in [0.15, 0.2) is 5.11 Å². The highest BCUT2D eigenvalue weighted by Crippen LogP contribution is 2.30. The molecule has 2 nitrogen and oxygen atoms in total. The van der Waals surface area contributed by atoms with Crippen molar-refractivity contribution in [3.05, 3.63) is 0 Å². The molecule has 0 spiro atoms. The first kappa shape index (κ1) is 11.1. The summed E-state index contributed by atoms with van der Waals surface area (Å²) in [4.78, 5) is 2.26. The van der Waals surface area contributed by atoms with E-state index in [0.717, 1.165) is 18.2 Å². The lowest BCUT2D eigenvalue weighted by Crippen LogP contribution is -2.39. The first-order valence-corrected chi connectivity index (χ1v) is 6.05. The molecular weight excluding hydrogens is 200 g/mol. The van der Waals surface area contributed by atoms with E-state index >= 15 is 0 Å². The molecule has 1 aliphatic heterocycles. The molecule has 0 atom stereocenters. The van der Waals surface area contributed by atoms with Gasteiger partial charge in [0.25, 0.3) is 0 Å². The first-order chi connectivity index (χ1) is 6.05. The summed E-state index contributed by atoms with van der Waals surface area (Å²) in [5, 5.41) is 3.93. The Bertz CT molecular complexity index is 192. The second-order valence-corrected chi connectivity index (χ2v) is 6.09. The van der Waals surface area contributed by atoms with E-state index in [1.165, 1.54) is 12.2 Å². The van der Waals surface area contributed by atoms with Gasteiger partial charge in [0.05, 0.1) is 0 Å². The molecule has 1 fully saturated rings. The third-order valence-electron chi connectivity index (χ3n) is 2.34. The third kappa shape index (κ3) is 3.35. The molecule has 0 bridgehead atoms. The van der Waals surface area contributed by atoms with Crippen molar-refractivity contribution in [2.24, 2.45) is 0 Å². The van der Waals surface area contributed by atoms with Crippen LogP contribution in [-0.4, -0.2) is 40.6 Å². The molecule has 4 heteroatoms. The summed E-state index contributed by atoms with van der Waals surface area (Å²) in [5.74, 6) is 1.18. The summed E-state index contributed by atoms with van der Waals surface area (Å²) in [7, 11) is 1.89. The van der Waals surface area contributed by atoms with Crippen LogP contribution in [0.15, 0.2) is 0 Å². The number of thiocarbonyl (C=S) groups is 1. The Morgan fingerprint density at radius 1 is 1.46 bits per heavy atom. The molecule has 0 aromatic carbocycles. The highest BCUT2D eigenvalue weighted by molar-refractivity contribution is 8.00. The highest BCUT2D eigenvalue weighted by atomic mass is 32.2. The normalized spacial score (nSPS) is 22.2. The fourth-order valence-electron chi connectivity index (χ4n) is 1.38. The van der Waals surface area contributed by atoms with Crippen LogP contribution in [0.5, 0.6) is 0 Å². The van der Waals surface area contributed by atoms with Crippen LogP contribution in [0.3, 0.4) is 0 Å². The van der Waals surface area contributed by atoms with Gasteiger partial charge in [-0.15, -0.1) is 0 Å². The van der Waals surface area contributed by atoms with Crippen molar-refractivity contribution < 1.29 is 0 Å². The number of nitrogens with one attached hydrogen (secondary N) is 1. The summed E-state index contributed by atoms with van der Waals surface area (Å²) in [6.07, 6.45) is 1.21. The van der Waals surface area contributed by atoms with Gasteiger partial charge in [-0.25, -0.2) is 0 Å². The maximum Gasteiger partial charge on any atom is 0.168 e. The first-order valence-electron chi connectivity index (χ1n) is 4.66. The second kappa shape index (κ2) is 4.51. The van der Waals surface area contributed by atoms with Crippen LogP contribution < -0.4 is 5.32 Å². The van der Waals surface area contributed by atoms with Gasteiger partial charge in [0.2, 0.25) is 0 Å². The van der Waals surface area contributed by atoms with E-state index in [1.54, 1.807) is 0 Å². The lowest BCUT2D eigenvalue weighted by molar-refractivity contribution is 0.419. The van der Waals surface area contributed by atoms with Gasteiger partial charge in [-0.05, 0) is 18.6 Å². The number of hydrogen-bond acceptors (Lipinski definition) is 2. The standard InChI is InChI=1S/C9H18N2S2/c1-9(2)4-5-11(6-7-13-9)8(12)10-3/h4-7H2,1-3H3,(H,10,12). The summed E-state index contributed by atoms with van der Waals surface area (Å²) in [5.41, 5.74) is 0. The number of hydrogen-bond donors (Lipinski definition) is 1. The minimum atomic E-state index is 0.415. The Kier molecular flexibility index (Phi) is 3.86. The van der Waals surface area contributed by atoms with E-state index in [-0.39, 0.29) is 0 Å². The zero-order valence-electron chi connectivity index (χ0n) is 8.59. The van der Waals surface area contributed by atoms with E-state index in [1.807, 2.05) is 18.8 Å². The molecule has 13 heavy (non-hydrogen) atoms. The zero-order chi connectivity index (χ0) is 9.90. The minimum absolute atomic E-state index is 0.415. The predicted octanol–water partition coefficient (Wildman–Crippen LogP) is 1.71. The van der Waals surface area contributed by atoms with Gasteiger partial charge in [0, 0.05) is 30.6 Å². The quantitative estimate of drug-likeness (QED) is 0.622. The van der Waals surface area contributed by atoms with Crippen LogP contribution in [0.1, 0.15) is 20.3 Å². The summed E-state index contributed by atoms with van der Waals surface area (Å²) in [6, 6.07) is 0. The van der Waals surface area contributed by atoms with Crippen LogP contribution in [0.4, 0.5) is 0 Å². The van der Waals surface area contributed by atoms with Crippen molar-refractivity contribution in [1.29, 1.82) is 0 Å². The fourth-order valence-corrected chi connectivity index (χ4v) is 2.66. The topological polar surface area (TPSA) is 15.3 Å². The van der Waals surface area contributed by atoms with Crippen molar-refractivity contribution in [1.82, 2.24) is 10.2 Å². The Morgan fingerprint density at radius 3 is 2.77 bits per heavy atom. The van der Waals surface area contributed by atoms with Crippen molar-refractivity contribution in [3.63, 3.8) is 0 Å². The summed E-state index contributed by atoms with van der Waals surface area (Å²) in [6.45, 7) is 6.78. The van der Waals surface area contributed by atoms with E-state index in [9.17, 15) is 0 Å². The van der Waals surface area contributed by atoms with Gasteiger partial charge >= 0.3 is 0 Å². The molecule has 0 unspecified atom stereocenters. The summed E-state index contributed by atoms with van der Waals surface area (Å²) < 4.78 is 0.415. The number of thioether (sulfide) groups is 1. The Hall–Kier alpha value is 0.0400. The second-order valence-electron chi connectivity index (χ2n) is 3.90. The Labute approximate surface area is 90.4 Å². The third-order valence-corrected chi connectivity index (χ3v) is 4.17. The van der Waals surface area contributed by atoms with E-state index in [0.29, 0.717) is 4.75 Å². The molecule has 1 saturated heterocycles. The predicted molar refractivity (Wildman–Crippen MR) is 64.4 cm³/mol. The van der Waals surface area contributed by atoms with Crippen LogP contribution in [0.25, 0.3) is 0 Å². The smallest absolute Gasteiger partial charge is 0.168 e. The molecule has 1 heterocycles. The van der Waals surface area contributed by atoms with E-state index in [2.05, 4.69) is 24.1 Å². The molecule has 0 amide bonds. The van der Waals surface area contributed by atoms with Crippen LogP contribution in [0, 0.1) is 0 Å². The van der Waals surface area contributed by atoms with E-state index in [4.69, 9.17) is 12.2 Å². The number of nitrogens with zero attached hydrogens (tertiary/aromatic N) is 1. The Balaban J connectivity index is 2.49. The fraction of sp³-hybridized carbons (Fsp3) is 0.889. The molecule has 0 radical (unpaired) electrons. The van der Waals surface area contributed by atoms with Crippen LogP contribution >= 0.6 is 24.0 Å². The van der Waals surface area contributed by atoms with Gasteiger partial charge in [-0.2, -0.15) is 11.8 Å². The molecule has 1 N–H and O–H groups in total. The molecule has 1 aliphatic rings. The number of rotatable bonds is 0. The molecule has 0 aromatic rings. The van der Waals surface area contributed by atoms with Crippen molar-refractivity contribution in [2.75, 3.05) is 25.9 Å². The average Bonchev–Trinajstić information content (AvgIpc) is 2.25. The van der Waals surface area contributed by atoms with Crippen molar-refractivity contribution >= 4 is 29.1 Å². The maximum atomic E-state index is 5.22. The minimum Gasteiger partial charge on any atom is -0.366 e. The lowest BCUT2D eigenvalue weighted by Gasteiger charge is -2.24. The Morgan fingerprint density at radius 2 is 2.15 bits per heavy atom. The van der Waals surface area contributed by atoms with Gasteiger partial charge in [-0.1, -0.05) is 13.8 Å². The molecule has 0 aromatic heterocycles. The highest BCUT2D eigenvalue weighted by Gasteiger charge is 2.24. The SMILES string of the molecule is CNC(=S)N1CCSC(C)(C)CC1. The van der Waals surface area contributed by atoms with Crippen molar-refractivity contribution in [2.45, 2.75) is 25.0 Å².